The Hall–Kier alpha value is -4.45. The van der Waals surface area contributed by atoms with Gasteiger partial charge >= 0.3 is 6.09 Å². The van der Waals surface area contributed by atoms with Crippen molar-refractivity contribution in [1.82, 2.24) is 19.9 Å². The van der Waals surface area contributed by atoms with Crippen LogP contribution in [0.3, 0.4) is 0 Å². The highest BCUT2D eigenvalue weighted by Gasteiger charge is 2.28. The van der Waals surface area contributed by atoms with Crippen molar-refractivity contribution >= 4 is 38.5 Å². The van der Waals surface area contributed by atoms with Gasteiger partial charge in [-0.3, -0.25) is 4.72 Å². The van der Waals surface area contributed by atoms with Gasteiger partial charge in [-0.2, -0.15) is 0 Å². The van der Waals surface area contributed by atoms with Crippen LogP contribution in [-0.2, 0) is 14.8 Å². The molecule has 0 spiro atoms. The van der Waals surface area contributed by atoms with E-state index in [4.69, 9.17) is 14.5 Å². The molecule has 0 aliphatic carbocycles. The molecule has 1 aliphatic heterocycles. The number of likely N-dealkylation sites (tertiary alicyclic amines) is 1. The number of amides is 1. The van der Waals surface area contributed by atoms with Gasteiger partial charge < -0.3 is 19.7 Å². The molecule has 1 saturated heterocycles. The number of nitrogens with one attached hydrogen (secondary N) is 2. The smallest absolute Gasteiger partial charge is 0.410 e. The van der Waals surface area contributed by atoms with Crippen molar-refractivity contribution in [2.24, 2.45) is 0 Å². The van der Waals surface area contributed by atoms with E-state index in [1.165, 1.54) is 0 Å². The zero-order valence-electron chi connectivity index (χ0n) is 27.2. The highest BCUT2D eigenvalue weighted by Crippen LogP contribution is 2.39. The summed E-state index contributed by atoms with van der Waals surface area (Å²) in [5.41, 5.74) is 2.07. The number of aromatic nitrogens is 3. The van der Waals surface area contributed by atoms with Crippen LogP contribution in [0.1, 0.15) is 59.4 Å². The second kappa shape index (κ2) is 13.5. The fourth-order valence-corrected chi connectivity index (χ4v) is 6.37. The fraction of sp³-hybridized carbons (Fsp3) is 0.412. The van der Waals surface area contributed by atoms with E-state index in [0.29, 0.717) is 59.4 Å². The van der Waals surface area contributed by atoms with Gasteiger partial charge in [0.1, 0.15) is 11.4 Å². The average Bonchev–Trinajstić information content (AvgIpc) is 3.01. The van der Waals surface area contributed by atoms with E-state index < -0.39 is 20.9 Å². The number of ether oxygens (including phenoxy) is 2. The minimum absolute atomic E-state index is 0.0357. The SMILES string of the molecule is CCC(C)S(=O)(=O)Nc1cccc2c(Oc3ncccc3-c3ccnc(N[C@H]4CCCN(C(=O)OC(C)(C)C)C4)n3)c(C)ccc12. The van der Waals surface area contributed by atoms with Crippen molar-refractivity contribution in [2.75, 3.05) is 23.1 Å². The lowest BCUT2D eigenvalue weighted by Gasteiger charge is -2.34. The summed E-state index contributed by atoms with van der Waals surface area (Å²) in [5, 5.41) is 4.32. The maximum absolute atomic E-state index is 12.9. The first-order valence-corrected chi connectivity index (χ1v) is 17.1. The number of sulfonamides is 1. The van der Waals surface area contributed by atoms with Gasteiger partial charge in [-0.25, -0.2) is 28.2 Å². The molecule has 0 radical (unpaired) electrons. The van der Waals surface area contributed by atoms with Crippen LogP contribution in [-0.4, -0.2) is 64.3 Å². The van der Waals surface area contributed by atoms with Gasteiger partial charge in [0.05, 0.1) is 22.2 Å². The first kappa shape index (κ1) is 32.9. The van der Waals surface area contributed by atoms with E-state index in [2.05, 4.69) is 20.0 Å². The first-order valence-electron chi connectivity index (χ1n) is 15.6. The van der Waals surface area contributed by atoms with Crippen LogP contribution in [0, 0.1) is 6.92 Å². The third-order valence-electron chi connectivity index (χ3n) is 7.87. The van der Waals surface area contributed by atoms with Crippen molar-refractivity contribution in [2.45, 2.75) is 77.7 Å². The number of nitrogens with zero attached hydrogens (tertiary/aromatic N) is 4. The number of hydrogen-bond donors (Lipinski definition) is 2. The third-order valence-corrected chi connectivity index (χ3v) is 9.77. The average molecular weight is 647 g/mol. The van der Waals surface area contributed by atoms with E-state index in [-0.39, 0.29) is 12.1 Å². The molecular formula is C34H42N6O5S. The second-order valence-corrected chi connectivity index (χ2v) is 14.7. The number of anilines is 2. The molecule has 46 heavy (non-hydrogen) atoms. The monoisotopic (exact) mass is 646 g/mol. The number of rotatable bonds is 9. The van der Waals surface area contributed by atoms with Crippen LogP contribution >= 0.6 is 0 Å². The molecule has 11 nitrogen and oxygen atoms in total. The minimum Gasteiger partial charge on any atom is -0.444 e. The number of piperidine rings is 1. The van der Waals surface area contributed by atoms with Crippen molar-refractivity contribution in [3.05, 3.63) is 66.5 Å². The fourth-order valence-electron chi connectivity index (χ4n) is 5.25. The van der Waals surface area contributed by atoms with Crippen molar-refractivity contribution < 1.29 is 22.7 Å². The maximum atomic E-state index is 12.9. The summed E-state index contributed by atoms with van der Waals surface area (Å²) in [6.07, 6.45) is 5.20. The molecule has 0 bridgehead atoms. The van der Waals surface area contributed by atoms with Crippen molar-refractivity contribution in [1.29, 1.82) is 0 Å². The van der Waals surface area contributed by atoms with E-state index >= 15 is 0 Å². The number of hydrogen-bond acceptors (Lipinski definition) is 9. The number of aryl methyl sites for hydroxylation is 1. The van der Waals surface area contributed by atoms with Crippen molar-refractivity contribution in [3.8, 4) is 22.9 Å². The van der Waals surface area contributed by atoms with Crippen LogP contribution in [0.5, 0.6) is 11.6 Å². The van der Waals surface area contributed by atoms with Gasteiger partial charge in [0, 0.05) is 42.3 Å². The quantitative estimate of drug-likeness (QED) is 0.194. The molecule has 2 aromatic carbocycles. The number of fused-ring (bicyclic) bond motifs is 1. The molecule has 12 heteroatoms. The van der Waals surface area contributed by atoms with Gasteiger partial charge in [-0.15, -0.1) is 0 Å². The molecule has 4 aromatic rings. The van der Waals surface area contributed by atoms with Gasteiger partial charge in [0.2, 0.25) is 21.9 Å². The lowest BCUT2D eigenvalue weighted by molar-refractivity contribution is 0.0206. The van der Waals surface area contributed by atoms with Crippen LogP contribution in [0.2, 0.25) is 0 Å². The van der Waals surface area contributed by atoms with Crippen molar-refractivity contribution in [3.63, 3.8) is 0 Å². The molecule has 1 unspecified atom stereocenters. The maximum Gasteiger partial charge on any atom is 0.410 e. The Balaban J connectivity index is 1.40. The van der Waals surface area contributed by atoms with Crippen LogP contribution in [0.15, 0.2) is 60.9 Å². The number of benzene rings is 2. The summed E-state index contributed by atoms with van der Waals surface area (Å²) in [4.78, 5) is 28.1. The van der Waals surface area contributed by atoms with Gasteiger partial charge in [0.25, 0.3) is 0 Å². The van der Waals surface area contributed by atoms with E-state index in [0.717, 1.165) is 23.8 Å². The first-order chi connectivity index (χ1) is 21.8. The summed E-state index contributed by atoms with van der Waals surface area (Å²) in [7, 11) is -3.56. The Labute approximate surface area is 270 Å². The van der Waals surface area contributed by atoms with Gasteiger partial charge in [-0.1, -0.05) is 31.2 Å². The highest BCUT2D eigenvalue weighted by molar-refractivity contribution is 7.93. The summed E-state index contributed by atoms with van der Waals surface area (Å²) in [6, 6.07) is 14.7. The summed E-state index contributed by atoms with van der Waals surface area (Å²) in [6.45, 7) is 12.2. The normalized spacial score (nSPS) is 16.1. The number of carbonyl (C=O) groups excluding carboxylic acids is 1. The summed E-state index contributed by atoms with van der Waals surface area (Å²) >= 11 is 0. The largest absolute Gasteiger partial charge is 0.444 e. The minimum atomic E-state index is -3.56. The molecule has 244 valence electrons. The molecule has 1 aliphatic rings. The standard InChI is InChI=1S/C34H42N6O5S/c1-7-23(3)46(42,43)39-29-14-8-12-26-25(29)16-15-22(2)30(26)44-31-27(13-9-18-35-31)28-17-19-36-32(38-28)37-24-11-10-20-40(21-24)33(41)45-34(4,5)6/h8-9,12-19,23-24,39H,7,10-11,20-21H2,1-6H3,(H,36,37,38)/t23?,24-/m0/s1. The zero-order chi connectivity index (χ0) is 33.1. The molecule has 1 amide bonds. The van der Waals surface area contributed by atoms with E-state index in [1.54, 1.807) is 42.4 Å². The topological polar surface area (TPSA) is 136 Å². The number of pyridine rings is 1. The molecule has 0 saturated carbocycles. The Morgan fingerprint density at radius 1 is 1.07 bits per heavy atom. The highest BCUT2D eigenvalue weighted by atomic mass is 32.2. The second-order valence-electron chi connectivity index (χ2n) is 12.6. The van der Waals surface area contributed by atoms with Crippen LogP contribution < -0.4 is 14.8 Å². The van der Waals surface area contributed by atoms with Gasteiger partial charge in [-0.05, 0) is 83.7 Å². The van der Waals surface area contributed by atoms with E-state index in [1.807, 2.05) is 65.0 Å². The Bertz CT molecular complexity index is 1820. The lowest BCUT2D eigenvalue weighted by Crippen LogP contribution is -2.47. The lowest BCUT2D eigenvalue weighted by atomic mass is 10.0. The predicted molar refractivity (Wildman–Crippen MR) is 181 cm³/mol. The molecule has 3 heterocycles. The molecule has 2 aromatic heterocycles. The van der Waals surface area contributed by atoms with E-state index in [9.17, 15) is 13.2 Å². The van der Waals surface area contributed by atoms with Crippen LogP contribution in [0.4, 0.5) is 16.4 Å². The van der Waals surface area contributed by atoms with Crippen LogP contribution in [0.25, 0.3) is 22.0 Å². The predicted octanol–water partition coefficient (Wildman–Crippen LogP) is 7.14. The Morgan fingerprint density at radius 2 is 1.87 bits per heavy atom. The molecule has 2 atom stereocenters. The van der Waals surface area contributed by atoms with Gasteiger partial charge in [0.15, 0.2) is 0 Å². The summed E-state index contributed by atoms with van der Waals surface area (Å²) in [5.74, 6) is 1.35. The zero-order valence-corrected chi connectivity index (χ0v) is 28.0. The summed E-state index contributed by atoms with van der Waals surface area (Å²) < 4.78 is 40.6. The third kappa shape index (κ3) is 7.67. The molecule has 1 fully saturated rings. The number of carbonyl (C=O) groups is 1. The molecular weight excluding hydrogens is 604 g/mol. The Morgan fingerprint density at radius 3 is 2.63 bits per heavy atom. The molecule has 2 N–H and O–H groups in total. The Kier molecular flexibility index (Phi) is 9.66. The molecule has 5 rings (SSSR count).